The lowest BCUT2D eigenvalue weighted by Gasteiger charge is -2.23. The molecule has 0 fully saturated rings. The molecular formula is C13H13BN2O4S. The van der Waals surface area contributed by atoms with E-state index < -0.39 is 13.1 Å². The Balaban J connectivity index is 1.92. The topological polar surface area (TPSA) is 92.5 Å². The first-order chi connectivity index (χ1) is 10.1. The van der Waals surface area contributed by atoms with E-state index in [-0.39, 0.29) is 5.56 Å². The lowest BCUT2D eigenvalue weighted by molar-refractivity contribution is 0.0693. The Morgan fingerprint density at radius 1 is 1.43 bits per heavy atom. The van der Waals surface area contributed by atoms with E-state index in [4.69, 9.17) is 4.65 Å². The Hall–Kier alpha value is -1.93. The van der Waals surface area contributed by atoms with Crippen LogP contribution in [0.5, 0.6) is 5.75 Å². The molecule has 1 aliphatic rings. The van der Waals surface area contributed by atoms with E-state index in [0.717, 1.165) is 10.6 Å². The lowest BCUT2D eigenvalue weighted by atomic mass is 9.77. The minimum Gasteiger partial charge on any atom is -0.535 e. The van der Waals surface area contributed by atoms with E-state index in [1.54, 1.807) is 5.51 Å². The molecule has 3 rings (SSSR count). The Morgan fingerprint density at radius 3 is 3.00 bits per heavy atom. The summed E-state index contributed by atoms with van der Waals surface area (Å²) in [5.74, 6) is -0.732. The predicted molar refractivity (Wildman–Crippen MR) is 77.8 cm³/mol. The van der Waals surface area contributed by atoms with Gasteiger partial charge < -0.3 is 14.8 Å². The number of aryl methyl sites for hydroxylation is 3. The van der Waals surface area contributed by atoms with Crippen LogP contribution in [0.2, 0.25) is 6.32 Å². The second-order valence-electron chi connectivity index (χ2n) is 4.84. The van der Waals surface area contributed by atoms with Gasteiger partial charge in [-0.05, 0) is 30.3 Å². The van der Waals surface area contributed by atoms with Crippen molar-refractivity contribution in [3.05, 3.63) is 39.3 Å². The SMILES string of the molecule is O=C(O)c1c(CCc2nncs2)ccc2c1OB(O)CC2. The fourth-order valence-electron chi connectivity index (χ4n) is 2.46. The molecule has 108 valence electrons. The molecule has 0 unspecified atom stereocenters. The van der Waals surface area contributed by atoms with Gasteiger partial charge in [0.1, 0.15) is 21.8 Å². The smallest absolute Gasteiger partial charge is 0.522 e. The van der Waals surface area contributed by atoms with Gasteiger partial charge in [0.15, 0.2) is 0 Å². The van der Waals surface area contributed by atoms with E-state index in [2.05, 4.69) is 10.2 Å². The summed E-state index contributed by atoms with van der Waals surface area (Å²) in [6, 6.07) is 3.70. The van der Waals surface area contributed by atoms with Crippen molar-refractivity contribution < 1.29 is 19.6 Å². The molecule has 2 N–H and O–H groups in total. The largest absolute Gasteiger partial charge is 0.535 e. The summed E-state index contributed by atoms with van der Waals surface area (Å²) < 4.78 is 5.35. The van der Waals surface area contributed by atoms with Crippen LogP contribution < -0.4 is 4.65 Å². The van der Waals surface area contributed by atoms with Gasteiger partial charge in [0.05, 0.1) is 0 Å². The van der Waals surface area contributed by atoms with Gasteiger partial charge >= 0.3 is 13.1 Å². The van der Waals surface area contributed by atoms with Gasteiger partial charge in [-0.15, -0.1) is 21.5 Å². The van der Waals surface area contributed by atoms with E-state index >= 15 is 0 Å². The van der Waals surface area contributed by atoms with Gasteiger partial charge in [-0.1, -0.05) is 12.1 Å². The highest BCUT2D eigenvalue weighted by Gasteiger charge is 2.29. The zero-order valence-electron chi connectivity index (χ0n) is 11.2. The van der Waals surface area contributed by atoms with Crippen LogP contribution >= 0.6 is 11.3 Å². The Morgan fingerprint density at radius 2 is 2.29 bits per heavy atom. The Bertz CT molecular complexity index is 662. The quantitative estimate of drug-likeness (QED) is 0.830. The van der Waals surface area contributed by atoms with Gasteiger partial charge in [0.2, 0.25) is 0 Å². The number of aromatic carboxylic acids is 1. The van der Waals surface area contributed by atoms with Gasteiger partial charge in [-0.25, -0.2) is 4.79 Å². The third-order valence-corrected chi connectivity index (χ3v) is 4.22. The van der Waals surface area contributed by atoms with Crippen molar-refractivity contribution in [3.8, 4) is 5.75 Å². The van der Waals surface area contributed by atoms with Crippen molar-refractivity contribution in [1.29, 1.82) is 0 Å². The fourth-order valence-corrected chi connectivity index (χ4v) is 2.99. The summed E-state index contributed by atoms with van der Waals surface area (Å²) in [7, 11) is -0.936. The molecule has 0 saturated carbocycles. The van der Waals surface area contributed by atoms with Crippen LogP contribution in [-0.2, 0) is 19.3 Å². The van der Waals surface area contributed by atoms with Crippen LogP contribution in [0.15, 0.2) is 17.6 Å². The number of hydrogen-bond acceptors (Lipinski definition) is 6. The van der Waals surface area contributed by atoms with Crippen LogP contribution in [0.25, 0.3) is 0 Å². The number of fused-ring (bicyclic) bond motifs is 1. The molecule has 0 saturated heterocycles. The monoisotopic (exact) mass is 304 g/mol. The molecule has 0 spiro atoms. The van der Waals surface area contributed by atoms with E-state index in [1.807, 2.05) is 12.1 Å². The highest BCUT2D eigenvalue weighted by molar-refractivity contribution is 7.09. The van der Waals surface area contributed by atoms with Crippen molar-refractivity contribution in [2.75, 3.05) is 0 Å². The molecule has 1 aromatic heterocycles. The first kappa shape index (κ1) is 14.0. The number of benzene rings is 1. The van der Waals surface area contributed by atoms with Gasteiger partial charge in [-0.3, -0.25) is 0 Å². The number of hydrogen-bond donors (Lipinski definition) is 2. The van der Waals surface area contributed by atoms with Crippen LogP contribution in [0.1, 0.15) is 26.5 Å². The third kappa shape index (κ3) is 2.91. The summed E-state index contributed by atoms with van der Waals surface area (Å²) in [4.78, 5) is 11.6. The summed E-state index contributed by atoms with van der Waals surface area (Å²) in [6.45, 7) is 0. The third-order valence-electron chi connectivity index (χ3n) is 3.47. The summed E-state index contributed by atoms with van der Waals surface area (Å²) in [6.07, 6.45) is 2.28. The zero-order chi connectivity index (χ0) is 14.8. The van der Waals surface area contributed by atoms with E-state index in [1.165, 1.54) is 11.3 Å². The maximum Gasteiger partial charge on any atom is 0.522 e. The van der Waals surface area contributed by atoms with Gasteiger partial charge in [0, 0.05) is 6.42 Å². The highest BCUT2D eigenvalue weighted by Crippen LogP contribution is 2.33. The highest BCUT2D eigenvalue weighted by atomic mass is 32.1. The molecule has 21 heavy (non-hydrogen) atoms. The maximum atomic E-state index is 11.6. The van der Waals surface area contributed by atoms with Crippen LogP contribution in [0, 0.1) is 0 Å². The molecule has 0 atom stereocenters. The fraction of sp³-hybridized carbons (Fsp3) is 0.308. The maximum absolute atomic E-state index is 11.6. The van der Waals surface area contributed by atoms with E-state index in [0.29, 0.717) is 36.9 Å². The van der Waals surface area contributed by atoms with Crippen molar-refractivity contribution in [1.82, 2.24) is 10.2 Å². The van der Waals surface area contributed by atoms with Crippen molar-refractivity contribution in [2.45, 2.75) is 25.6 Å². The Labute approximate surface area is 125 Å². The zero-order valence-corrected chi connectivity index (χ0v) is 12.0. The van der Waals surface area contributed by atoms with Crippen molar-refractivity contribution in [3.63, 3.8) is 0 Å². The number of carbonyl (C=O) groups is 1. The second kappa shape index (κ2) is 5.83. The summed E-state index contributed by atoms with van der Waals surface area (Å²) >= 11 is 1.44. The molecule has 0 radical (unpaired) electrons. The molecular weight excluding hydrogens is 291 g/mol. The standard InChI is InChI=1S/C13H13BN2O4S/c17-13(18)11-8(3-4-10-16-15-7-21-10)1-2-9-5-6-14(19)20-12(9)11/h1-2,7,19H,3-6H2,(H,17,18). The lowest BCUT2D eigenvalue weighted by Crippen LogP contribution is -2.28. The minimum absolute atomic E-state index is 0.149. The molecule has 0 bridgehead atoms. The van der Waals surface area contributed by atoms with Crippen molar-refractivity contribution in [2.24, 2.45) is 0 Å². The molecule has 2 aromatic rings. The normalized spacial score (nSPS) is 13.7. The molecule has 2 heterocycles. The first-order valence-corrected chi connectivity index (χ1v) is 7.51. The number of nitrogens with zero attached hydrogens (tertiary/aromatic N) is 2. The number of rotatable bonds is 4. The minimum atomic E-state index is -1.03. The van der Waals surface area contributed by atoms with Crippen LogP contribution in [-0.4, -0.2) is 33.4 Å². The average Bonchev–Trinajstić information content (AvgIpc) is 2.97. The summed E-state index contributed by atoms with van der Waals surface area (Å²) in [5, 5.41) is 27.7. The van der Waals surface area contributed by atoms with Crippen LogP contribution in [0.3, 0.4) is 0 Å². The van der Waals surface area contributed by atoms with Crippen molar-refractivity contribution >= 4 is 24.4 Å². The molecule has 8 heteroatoms. The number of carboxylic acid groups (broad SMARTS) is 1. The predicted octanol–water partition coefficient (Wildman–Crippen LogP) is 1.44. The molecule has 6 nitrogen and oxygen atoms in total. The molecule has 1 aromatic carbocycles. The molecule has 0 amide bonds. The average molecular weight is 304 g/mol. The van der Waals surface area contributed by atoms with Crippen LogP contribution in [0.4, 0.5) is 0 Å². The second-order valence-corrected chi connectivity index (χ2v) is 5.75. The van der Waals surface area contributed by atoms with Gasteiger partial charge in [-0.2, -0.15) is 0 Å². The van der Waals surface area contributed by atoms with Gasteiger partial charge in [0.25, 0.3) is 0 Å². The number of carboxylic acids is 1. The van der Waals surface area contributed by atoms with E-state index in [9.17, 15) is 14.9 Å². The molecule has 0 aliphatic carbocycles. The number of aromatic nitrogens is 2. The first-order valence-electron chi connectivity index (χ1n) is 6.63. The molecule has 1 aliphatic heterocycles. The Kier molecular flexibility index (Phi) is 3.89. The summed E-state index contributed by atoms with van der Waals surface area (Å²) in [5.41, 5.74) is 3.32.